The van der Waals surface area contributed by atoms with Gasteiger partial charge >= 0.3 is 5.97 Å². The van der Waals surface area contributed by atoms with E-state index < -0.39 is 11.6 Å². The van der Waals surface area contributed by atoms with Crippen LogP contribution in [0.1, 0.15) is 36.7 Å². The summed E-state index contributed by atoms with van der Waals surface area (Å²) in [6, 6.07) is 15.5. The van der Waals surface area contributed by atoms with Gasteiger partial charge in [0, 0.05) is 12.5 Å². The number of Topliss-reactive ketones (excluding diaryl/α,β-unsaturated/α-hetero) is 1. The van der Waals surface area contributed by atoms with E-state index >= 15 is 0 Å². The SMILES string of the molecule is CC(=O)OC(C)(C)C(=O)c1cccc(-c2ccccc2)c1C. The Morgan fingerprint density at radius 1 is 0.955 bits per heavy atom. The molecule has 0 unspecified atom stereocenters. The van der Waals surface area contributed by atoms with Crippen molar-refractivity contribution in [2.75, 3.05) is 0 Å². The fourth-order valence-electron chi connectivity index (χ4n) is 2.54. The topological polar surface area (TPSA) is 43.4 Å². The van der Waals surface area contributed by atoms with Crippen molar-refractivity contribution in [1.29, 1.82) is 0 Å². The molecule has 0 saturated carbocycles. The number of hydrogen-bond donors (Lipinski definition) is 0. The lowest BCUT2D eigenvalue weighted by Gasteiger charge is -2.24. The molecule has 3 heteroatoms. The lowest BCUT2D eigenvalue weighted by molar-refractivity contribution is -0.149. The Bertz CT molecular complexity index is 700. The number of hydrogen-bond acceptors (Lipinski definition) is 3. The average molecular weight is 296 g/mol. The summed E-state index contributed by atoms with van der Waals surface area (Å²) in [5.41, 5.74) is 2.35. The molecule has 0 heterocycles. The van der Waals surface area contributed by atoms with Crippen molar-refractivity contribution in [3.63, 3.8) is 0 Å². The molecule has 0 fully saturated rings. The Morgan fingerprint density at radius 3 is 2.18 bits per heavy atom. The van der Waals surface area contributed by atoms with Crippen molar-refractivity contribution in [1.82, 2.24) is 0 Å². The second-order valence-corrected chi connectivity index (χ2v) is 5.78. The predicted octanol–water partition coefficient (Wildman–Crippen LogP) is 4.19. The summed E-state index contributed by atoms with van der Waals surface area (Å²) in [5.74, 6) is -0.659. The Morgan fingerprint density at radius 2 is 1.59 bits per heavy atom. The lowest BCUT2D eigenvalue weighted by atomic mass is 9.89. The minimum Gasteiger partial charge on any atom is -0.451 e. The molecule has 0 aliphatic heterocycles. The minimum atomic E-state index is -1.17. The molecule has 114 valence electrons. The van der Waals surface area contributed by atoms with E-state index in [4.69, 9.17) is 4.74 Å². The standard InChI is InChI=1S/C19H20O3/c1-13-16(15-9-6-5-7-10-15)11-8-12-17(13)18(21)19(3,4)22-14(2)20/h5-12H,1-4H3. The maximum Gasteiger partial charge on any atom is 0.303 e. The van der Waals surface area contributed by atoms with Gasteiger partial charge in [-0.3, -0.25) is 9.59 Å². The predicted molar refractivity (Wildman–Crippen MR) is 86.8 cm³/mol. The van der Waals surface area contributed by atoms with Crippen LogP contribution in [-0.4, -0.2) is 17.4 Å². The highest BCUT2D eigenvalue weighted by molar-refractivity contribution is 6.05. The van der Waals surface area contributed by atoms with Crippen LogP contribution < -0.4 is 0 Å². The van der Waals surface area contributed by atoms with E-state index in [-0.39, 0.29) is 5.78 Å². The van der Waals surface area contributed by atoms with Gasteiger partial charge < -0.3 is 4.74 Å². The first kappa shape index (κ1) is 16.0. The summed E-state index contributed by atoms with van der Waals surface area (Å²) in [4.78, 5) is 23.9. The van der Waals surface area contributed by atoms with Gasteiger partial charge in [-0.1, -0.05) is 48.5 Å². The van der Waals surface area contributed by atoms with Gasteiger partial charge in [0.1, 0.15) is 0 Å². The molecular weight excluding hydrogens is 276 g/mol. The molecule has 2 rings (SSSR count). The molecule has 0 spiro atoms. The Labute approximate surface area is 130 Å². The maximum atomic E-state index is 12.7. The average Bonchev–Trinajstić information content (AvgIpc) is 2.46. The third-order valence-corrected chi connectivity index (χ3v) is 3.61. The highest BCUT2D eigenvalue weighted by atomic mass is 16.6. The number of rotatable bonds is 4. The summed E-state index contributed by atoms with van der Waals surface area (Å²) in [7, 11) is 0. The first-order valence-corrected chi connectivity index (χ1v) is 7.22. The minimum absolute atomic E-state index is 0.196. The van der Waals surface area contributed by atoms with Gasteiger partial charge in [0.05, 0.1) is 0 Å². The van der Waals surface area contributed by atoms with Crippen molar-refractivity contribution in [3.05, 3.63) is 59.7 Å². The fourth-order valence-corrected chi connectivity index (χ4v) is 2.54. The van der Waals surface area contributed by atoms with E-state index in [1.165, 1.54) is 6.92 Å². The highest BCUT2D eigenvalue weighted by Gasteiger charge is 2.33. The van der Waals surface area contributed by atoms with Crippen LogP contribution in [0.4, 0.5) is 0 Å². The van der Waals surface area contributed by atoms with Crippen molar-refractivity contribution in [3.8, 4) is 11.1 Å². The largest absolute Gasteiger partial charge is 0.451 e. The van der Waals surface area contributed by atoms with Gasteiger partial charge in [-0.05, 0) is 37.5 Å². The van der Waals surface area contributed by atoms with Crippen LogP contribution in [0.25, 0.3) is 11.1 Å². The van der Waals surface area contributed by atoms with Crippen LogP contribution in [-0.2, 0) is 9.53 Å². The van der Waals surface area contributed by atoms with Gasteiger partial charge in [0.2, 0.25) is 5.78 Å². The van der Waals surface area contributed by atoms with Crippen LogP contribution in [0.15, 0.2) is 48.5 Å². The maximum absolute atomic E-state index is 12.7. The molecule has 2 aromatic carbocycles. The molecule has 0 aliphatic rings. The second-order valence-electron chi connectivity index (χ2n) is 5.78. The molecule has 0 aromatic heterocycles. The first-order valence-electron chi connectivity index (χ1n) is 7.22. The molecule has 2 aromatic rings. The lowest BCUT2D eigenvalue weighted by Crippen LogP contribution is -2.37. The number of ketones is 1. The number of benzene rings is 2. The van der Waals surface area contributed by atoms with E-state index in [2.05, 4.69) is 0 Å². The van der Waals surface area contributed by atoms with Crippen molar-refractivity contribution in [2.24, 2.45) is 0 Å². The molecule has 3 nitrogen and oxygen atoms in total. The third kappa shape index (κ3) is 3.25. The van der Waals surface area contributed by atoms with E-state index in [1.54, 1.807) is 19.9 Å². The molecular formula is C19H20O3. The second kappa shape index (κ2) is 6.14. The number of carbonyl (C=O) groups is 2. The Hall–Kier alpha value is -2.42. The van der Waals surface area contributed by atoms with E-state index in [9.17, 15) is 9.59 Å². The molecule has 0 aliphatic carbocycles. The van der Waals surface area contributed by atoms with Crippen molar-refractivity contribution < 1.29 is 14.3 Å². The number of esters is 1. The summed E-state index contributed by atoms with van der Waals surface area (Å²) < 4.78 is 5.17. The van der Waals surface area contributed by atoms with Gasteiger partial charge in [0.25, 0.3) is 0 Å². The van der Waals surface area contributed by atoms with E-state index in [0.29, 0.717) is 5.56 Å². The van der Waals surface area contributed by atoms with Gasteiger partial charge in [0.15, 0.2) is 5.60 Å². The van der Waals surface area contributed by atoms with E-state index in [0.717, 1.165) is 16.7 Å². The number of ether oxygens (including phenoxy) is 1. The molecule has 0 radical (unpaired) electrons. The van der Waals surface area contributed by atoms with Crippen molar-refractivity contribution in [2.45, 2.75) is 33.3 Å². The molecule has 22 heavy (non-hydrogen) atoms. The first-order chi connectivity index (χ1) is 10.3. The molecule has 0 atom stereocenters. The zero-order valence-corrected chi connectivity index (χ0v) is 13.3. The smallest absolute Gasteiger partial charge is 0.303 e. The third-order valence-electron chi connectivity index (χ3n) is 3.61. The van der Waals surface area contributed by atoms with Crippen LogP contribution in [0.3, 0.4) is 0 Å². The molecule has 0 N–H and O–H groups in total. The zero-order valence-electron chi connectivity index (χ0n) is 13.3. The van der Waals surface area contributed by atoms with E-state index in [1.807, 2.05) is 49.4 Å². The molecule has 0 amide bonds. The quantitative estimate of drug-likeness (QED) is 0.627. The van der Waals surface area contributed by atoms with Crippen LogP contribution >= 0.6 is 0 Å². The Balaban J connectivity index is 2.46. The monoisotopic (exact) mass is 296 g/mol. The normalized spacial score (nSPS) is 11.1. The van der Waals surface area contributed by atoms with Crippen LogP contribution in [0, 0.1) is 6.92 Å². The van der Waals surface area contributed by atoms with Crippen LogP contribution in [0.5, 0.6) is 0 Å². The van der Waals surface area contributed by atoms with Gasteiger partial charge in [-0.25, -0.2) is 0 Å². The molecule has 0 bridgehead atoms. The highest BCUT2D eigenvalue weighted by Crippen LogP contribution is 2.28. The number of carbonyl (C=O) groups excluding carboxylic acids is 2. The Kier molecular flexibility index (Phi) is 4.45. The van der Waals surface area contributed by atoms with Crippen LogP contribution in [0.2, 0.25) is 0 Å². The summed E-state index contributed by atoms with van der Waals surface area (Å²) >= 11 is 0. The summed E-state index contributed by atoms with van der Waals surface area (Å²) in [6.45, 7) is 6.46. The fraction of sp³-hybridized carbons (Fsp3) is 0.263. The van der Waals surface area contributed by atoms with Crippen molar-refractivity contribution >= 4 is 11.8 Å². The van der Waals surface area contributed by atoms with Gasteiger partial charge in [-0.15, -0.1) is 0 Å². The van der Waals surface area contributed by atoms with Gasteiger partial charge in [-0.2, -0.15) is 0 Å². The zero-order chi connectivity index (χ0) is 16.3. The summed E-state index contributed by atoms with van der Waals surface area (Å²) in [6.07, 6.45) is 0. The molecule has 0 saturated heterocycles. The summed E-state index contributed by atoms with van der Waals surface area (Å²) in [5, 5.41) is 0.